The van der Waals surface area contributed by atoms with Gasteiger partial charge in [0.2, 0.25) is 10.0 Å². The van der Waals surface area contributed by atoms with Crippen LogP contribution in [0.5, 0.6) is 0 Å². The zero-order valence-electron chi connectivity index (χ0n) is 17.3. The van der Waals surface area contributed by atoms with Crippen molar-refractivity contribution >= 4 is 21.7 Å². The molecule has 1 aliphatic heterocycles. The molecule has 10 nitrogen and oxygen atoms in total. The molecular weight excluding hydrogens is 404 g/mol. The molecular formula is C19H28N8O2S. The van der Waals surface area contributed by atoms with Gasteiger partial charge in [-0.2, -0.15) is 5.26 Å². The highest BCUT2D eigenvalue weighted by atomic mass is 32.2. The molecule has 1 fully saturated rings. The fraction of sp³-hybridized carbons (Fsp3) is 0.474. The molecule has 1 aromatic rings. The molecule has 1 saturated heterocycles. The molecule has 1 aromatic heterocycles. The Labute approximate surface area is 177 Å². The number of aliphatic imine (C=N–C) groups is 1. The largest absolute Gasteiger partial charge is 0.383 e. The van der Waals surface area contributed by atoms with Gasteiger partial charge in [-0.3, -0.25) is 9.71 Å². The molecule has 0 aromatic carbocycles. The van der Waals surface area contributed by atoms with Crippen LogP contribution in [0.15, 0.2) is 41.4 Å². The van der Waals surface area contributed by atoms with E-state index in [1.807, 2.05) is 6.07 Å². The lowest BCUT2D eigenvalue weighted by molar-refractivity contribution is 0.366. The average molecular weight is 433 g/mol. The highest BCUT2D eigenvalue weighted by Crippen LogP contribution is 2.13. The van der Waals surface area contributed by atoms with Gasteiger partial charge in [0.15, 0.2) is 5.69 Å². The van der Waals surface area contributed by atoms with Gasteiger partial charge in [-0.25, -0.2) is 18.4 Å². The first kappa shape index (κ1) is 23.3. The number of nitrogens with zero attached hydrogens (tertiary/aromatic N) is 4. The summed E-state index contributed by atoms with van der Waals surface area (Å²) in [6.45, 7) is 8.07. The number of amidine groups is 1. The first-order chi connectivity index (χ1) is 14.4. The van der Waals surface area contributed by atoms with E-state index in [1.165, 1.54) is 12.4 Å². The van der Waals surface area contributed by atoms with E-state index >= 15 is 0 Å². The van der Waals surface area contributed by atoms with E-state index in [4.69, 9.17) is 5.26 Å². The molecule has 0 spiro atoms. The number of hydrogen-bond donors (Lipinski definition) is 4. The highest BCUT2D eigenvalue weighted by molar-refractivity contribution is 7.89. The van der Waals surface area contributed by atoms with Crippen LogP contribution in [0, 0.1) is 17.2 Å². The second kappa shape index (κ2) is 11.3. The summed E-state index contributed by atoms with van der Waals surface area (Å²) in [4.78, 5) is 12.3. The Morgan fingerprint density at radius 3 is 2.70 bits per heavy atom. The lowest BCUT2D eigenvalue weighted by Crippen LogP contribution is -2.35. The molecule has 0 aliphatic carbocycles. The third-order valence-electron chi connectivity index (χ3n) is 4.57. The monoisotopic (exact) mass is 432 g/mol. The Morgan fingerprint density at radius 2 is 2.13 bits per heavy atom. The van der Waals surface area contributed by atoms with E-state index in [2.05, 4.69) is 42.2 Å². The minimum absolute atomic E-state index is 0.0542. The average Bonchev–Trinajstić information content (AvgIpc) is 2.76. The SMILES string of the molecule is C=C(NS(=O)(=O)CC)/C(=C\C(=NC)Nc1cnc(C#N)cn1)NCC1CCNCC1. The molecule has 11 heteroatoms. The van der Waals surface area contributed by atoms with Crippen LogP contribution in [0.25, 0.3) is 0 Å². The maximum absolute atomic E-state index is 12.0. The number of anilines is 1. The zero-order valence-corrected chi connectivity index (χ0v) is 18.1. The van der Waals surface area contributed by atoms with Crippen LogP contribution in [-0.4, -0.2) is 56.7 Å². The van der Waals surface area contributed by atoms with Gasteiger partial charge in [0.1, 0.15) is 17.7 Å². The Morgan fingerprint density at radius 1 is 1.40 bits per heavy atom. The van der Waals surface area contributed by atoms with Crippen LogP contribution >= 0.6 is 0 Å². The zero-order chi connectivity index (χ0) is 22.0. The molecule has 2 rings (SSSR count). The normalized spacial score (nSPS) is 15.9. The topological polar surface area (TPSA) is 144 Å². The van der Waals surface area contributed by atoms with E-state index in [1.54, 1.807) is 20.0 Å². The standard InChI is InChI=1S/C19H28N8O2S/c1-4-30(28,29)27-14(2)17(24-11-15-5-7-22-8-6-15)9-18(21-3)26-19-13-23-16(10-20)12-25-19/h9,12-13,15,22,24,27H,2,4-8,11H2,1,3H3,(H,21,25,26)/b17-9+. The fourth-order valence-corrected chi connectivity index (χ4v) is 3.40. The lowest BCUT2D eigenvalue weighted by Gasteiger charge is -2.24. The number of hydrogen-bond acceptors (Lipinski definition) is 8. The number of nitriles is 1. The van der Waals surface area contributed by atoms with Crippen LogP contribution in [-0.2, 0) is 10.0 Å². The molecule has 0 atom stereocenters. The smallest absolute Gasteiger partial charge is 0.232 e. The van der Waals surface area contributed by atoms with E-state index in [9.17, 15) is 8.42 Å². The van der Waals surface area contributed by atoms with Crippen LogP contribution in [0.1, 0.15) is 25.5 Å². The van der Waals surface area contributed by atoms with Gasteiger partial charge in [-0.1, -0.05) is 6.58 Å². The van der Waals surface area contributed by atoms with Crippen LogP contribution in [0.4, 0.5) is 5.82 Å². The van der Waals surface area contributed by atoms with Crippen molar-refractivity contribution in [1.82, 2.24) is 25.3 Å². The molecule has 0 saturated carbocycles. The van der Waals surface area contributed by atoms with E-state index in [0.29, 0.717) is 29.8 Å². The van der Waals surface area contributed by atoms with Gasteiger partial charge in [-0.15, -0.1) is 0 Å². The summed E-state index contributed by atoms with van der Waals surface area (Å²) in [5.41, 5.74) is 0.956. The Hall–Kier alpha value is -2.97. The summed E-state index contributed by atoms with van der Waals surface area (Å²) in [7, 11) is -1.87. The second-order valence-corrected chi connectivity index (χ2v) is 8.76. The predicted molar refractivity (Wildman–Crippen MR) is 117 cm³/mol. The van der Waals surface area contributed by atoms with Gasteiger partial charge in [0.05, 0.1) is 29.5 Å². The first-order valence-electron chi connectivity index (χ1n) is 9.68. The third kappa shape index (κ3) is 7.46. The maximum atomic E-state index is 12.0. The Kier molecular flexibility index (Phi) is 8.76. The molecule has 0 radical (unpaired) electrons. The van der Waals surface area contributed by atoms with Crippen molar-refractivity contribution in [3.63, 3.8) is 0 Å². The summed E-state index contributed by atoms with van der Waals surface area (Å²) < 4.78 is 26.5. The predicted octanol–water partition coefficient (Wildman–Crippen LogP) is 0.715. The minimum Gasteiger partial charge on any atom is -0.383 e. The van der Waals surface area contributed by atoms with Gasteiger partial charge < -0.3 is 16.0 Å². The van der Waals surface area contributed by atoms with Crippen molar-refractivity contribution in [1.29, 1.82) is 5.26 Å². The molecule has 4 N–H and O–H groups in total. The molecule has 30 heavy (non-hydrogen) atoms. The number of rotatable bonds is 9. The molecule has 2 heterocycles. The molecule has 0 amide bonds. The molecule has 1 aliphatic rings. The van der Waals surface area contributed by atoms with Crippen molar-refractivity contribution in [2.45, 2.75) is 19.8 Å². The number of nitrogens with one attached hydrogen (secondary N) is 4. The summed E-state index contributed by atoms with van der Waals surface area (Å²) in [5.74, 6) is 1.26. The summed E-state index contributed by atoms with van der Waals surface area (Å²) in [6, 6.07) is 1.91. The Bertz CT molecular complexity index is 926. The third-order valence-corrected chi connectivity index (χ3v) is 5.89. The summed E-state index contributed by atoms with van der Waals surface area (Å²) in [5, 5.41) is 18.5. The number of piperidine rings is 1. The Balaban J connectivity index is 2.18. The van der Waals surface area contributed by atoms with E-state index in [-0.39, 0.29) is 17.1 Å². The van der Waals surface area contributed by atoms with E-state index < -0.39 is 10.0 Å². The number of sulfonamides is 1. The van der Waals surface area contributed by atoms with Crippen molar-refractivity contribution in [3.8, 4) is 6.07 Å². The van der Waals surface area contributed by atoms with Crippen molar-refractivity contribution < 1.29 is 8.42 Å². The van der Waals surface area contributed by atoms with Crippen LogP contribution in [0.2, 0.25) is 0 Å². The van der Waals surface area contributed by atoms with E-state index in [0.717, 1.165) is 25.9 Å². The highest BCUT2D eigenvalue weighted by Gasteiger charge is 2.16. The van der Waals surface area contributed by atoms with Crippen LogP contribution < -0.4 is 20.7 Å². The van der Waals surface area contributed by atoms with Crippen molar-refractivity contribution in [3.05, 3.63) is 42.1 Å². The quantitative estimate of drug-likeness (QED) is 0.254. The molecule has 0 unspecified atom stereocenters. The van der Waals surface area contributed by atoms with Gasteiger partial charge in [-0.05, 0) is 38.8 Å². The van der Waals surface area contributed by atoms with Crippen molar-refractivity contribution in [2.75, 3.05) is 37.8 Å². The summed E-state index contributed by atoms with van der Waals surface area (Å²) in [6.07, 6.45) is 6.53. The minimum atomic E-state index is -3.47. The number of aromatic nitrogens is 2. The fourth-order valence-electron chi connectivity index (χ4n) is 2.77. The van der Waals surface area contributed by atoms with Gasteiger partial charge in [0.25, 0.3) is 0 Å². The first-order valence-corrected chi connectivity index (χ1v) is 11.3. The second-order valence-electron chi connectivity index (χ2n) is 6.75. The van der Waals surface area contributed by atoms with Gasteiger partial charge in [0, 0.05) is 19.7 Å². The molecule has 0 bridgehead atoms. The van der Waals surface area contributed by atoms with Gasteiger partial charge >= 0.3 is 0 Å². The summed E-state index contributed by atoms with van der Waals surface area (Å²) >= 11 is 0. The molecule has 162 valence electrons. The maximum Gasteiger partial charge on any atom is 0.232 e. The van der Waals surface area contributed by atoms with Crippen molar-refractivity contribution in [2.24, 2.45) is 10.9 Å². The lowest BCUT2D eigenvalue weighted by atomic mass is 9.98. The van der Waals surface area contributed by atoms with Crippen LogP contribution in [0.3, 0.4) is 0 Å².